The number of rotatable bonds is 5. The summed E-state index contributed by atoms with van der Waals surface area (Å²) < 4.78 is 75.5. The second kappa shape index (κ2) is 7.93. The monoisotopic (exact) mass is 487 g/mol. The third kappa shape index (κ3) is 3.61. The fourth-order valence-electron chi connectivity index (χ4n) is 3.85. The summed E-state index contributed by atoms with van der Waals surface area (Å²) in [6.45, 7) is 1.82. The lowest BCUT2D eigenvalue weighted by Gasteiger charge is -2.21. The molecule has 0 aliphatic carbocycles. The quantitative estimate of drug-likeness (QED) is 0.247. The minimum absolute atomic E-state index is 0.0470. The summed E-state index contributed by atoms with van der Waals surface area (Å²) in [5.41, 5.74) is 0.0882. The van der Waals surface area contributed by atoms with Crippen LogP contribution in [0.4, 0.5) is 22.0 Å². The van der Waals surface area contributed by atoms with E-state index in [2.05, 4.69) is 20.2 Å². The van der Waals surface area contributed by atoms with Crippen LogP contribution in [0.1, 0.15) is 17.0 Å². The molecule has 12 heteroatoms. The molecular formula is C23H14F5N5O2. The van der Waals surface area contributed by atoms with Gasteiger partial charge in [-0.15, -0.1) is 10.2 Å². The summed E-state index contributed by atoms with van der Waals surface area (Å²) in [5.74, 6) is -5.28. The highest BCUT2D eigenvalue weighted by Gasteiger charge is 2.60. The van der Waals surface area contributed by atoms with Gasteiger partial charge in [0.2, 0.25) is 6.39 Å². The third-order valence-corrected chi connectivity index (χ3v) is 5.53. The van der Waals surface area contributed by atoms with Gasteiger partial charge in [0.05, 0.1) is 5.69 Å². The first-order valence-corrected chi connectivity index (χ1v) is 10.2. The van der Waals surface area contributed by atoms with Crippen LogP contribution in [0.2, 0.25) is 0 Å². The Morgan fingerprint density at radius 1 is 1.03 bits per heavy atom. The molecule has 0 aliphatic heterocycles. The molecule has 7 nitrogen and oxygen atoms in total. The molecule has 35 heavy (non-hydrogen) atoms. The van der Waals surface area contributed by atoms with Gasteiger partial charge < -0.3 is 9.21 Å². The first-order chi connectivity index (χ1) is 16.6. The Morgan fingerprint density at radius 2 is 1.77 bits per heavy atom. The molecule has 1 aromatic carbocycles. The van der Waals surface area contributed by atoms with Crippen molar-refractivity contribution < 1.29 is 31.2 Å². The molecule has 0 N–H and O–H groups in total. The Balaban J connectivity index is 1.92. The topological polar surface area (TPSA) is 86.2 Å². The normalized spacial score (nSPS) is 12.5. The van der Waals surface area contributed by atoms with E-state index in [-0.39, 0.29) is 45.9 Å². The van der Waals surface area contributed by atoms with Crippen molar-refractivity contribution in [2.24, 2.45) is 0 Å². The fraction of sp³-hybridized carbons (Fsp3) is 0.174. The van der Waals surface area contributed by atoms with Gasteiger partial charge in [-0.25, -0.2) is 9.97 Å². The van der Waals surface area contributed by atoms with E-state index in [1.165, 1.54) is 16.5 Å². The van der Waals surface area contributed by atoms with E-state index >= 15 is 0 Å². The molecule has 0 bridgehead atoms. The fourth-order valence-corrected chi connectivity index (χ4v) is 3.85. The van der Waals surface area contributed by atoms with Gasteiger partial charge in [0, 0.05) is 11.8 Å². The molecule has 4 heterocycles. The Kier molecular flexibility index (Phi) is 5.11. The summed E-state index contributed by atoms with van der Waals surface area (Å²) in [4.78, 5) is 19.5. The number of carbonyl (C=O) groups is 1. The zero-order chi connectivity index (χ0) is 25.0. The maximum Gasteiger partial charge on any atom is 0.459 e. The van der Waals surface area contributed by atoms with Crippen molar-refractivity contribution in [2.45, 2.75) is 25.4 Å². The van der Waals surface area contributed by atoms with Crippen LogP contribution in [0.15, 0.2) is 53.3 Å². The van der Waals surface area contributed by atoms with Crippen molar-refractivity contribution in [1.29, 1.82) is 0 Å². The predicted octanol–water partition coefficient (Wildman–Crippen LogP) is 5.30. The maximum absolute atomic E-state index is 14.5. The zero-order valence-corrected chi connectivity index (χ0v) is 17.8. The lowest BCUT2D eigenvalue weighted by molar-refractivity contribution is -0.290. The van der Waals surface area contributed by atoms with E-state index in [0.717, 1.165) is 18.0 Å². The molecule has 0 amide bonds. The molecule has 4 aromatic heterocycles. The first-order valence-electron chi connectivity index (χ1n) is 10.2. The summed E-state index contributed by atoms with van der Waals surface area (Å²) >= 11 is 0. The minimum atomic E-state index is -5.87. The van der Waals surface area contributed by atoms with Crippen molar-refractivity contribution in [3.63, 3.8) is 0 Å². The number of imidazole rings is 1. The average molecular weight is 487 g/mol. The number of pyridine rings is 2. The molecular weight excluding hydrogens is 473 g/mol. The lowest BCUT2D eigenvalue weighted by atomic mass is 9.99. The minimum Gasteiger partial charge on any atom is -0.422 e. The van der Waals surface area contributed by atoms with Crippen LogP contribution in [0.5, 0.6) is 0 Å². The number of nitrogens with zero attached hydrogens (tertiary/aromatic N) is 5. The SMILES string of the molecule is Cc1ccc(-c2cc(C(F)(F)C(F)(F)F)nc3c2ccc2nc(-c4nnco4)c(CC=O)n23)cc1. The van der Waals surface area contributed by atoms with Gasteiger partial charge in [0.1, 0.15) is 29.0 Å². The van der Waals surface area contributed by atoms with E-state index in [0.29, 0.717) is 11.8 Å². The third-order valence-electron chi connectivity index (χ3n) is 5.53. The van der Waals surface area contributed by atoms with Gasteiger partial charge in [-0.3, -0.25) is 4.40 Å². The number of aryl methyl sites for hydroxylation is 1. The van der Waals surface area contributed by atoms with Gasteiger partial charge in [0.25, 0.3) is 5.89 Å². The molecule has 5 rings (SSSR count). The number of carbonyl (C=O) groups excluding carboxylic acids is 1. The number of alkyl halides is 5. The summed E-state index contributed by atoms with van der Waals surface area (Å²) in [6, 6.07) is 10.5. The van der Waals surface area contributed by atoms with Gasteiger partial charge in [-0.1, -0.05) is 29.8 Å². The Labute approximate surface area is 193 Å². The summed E-state index contributed by atoms with van der Waals surface area (Å²) in [7, 11) is 0. The van der Waals surface area contributed by atoms with Gasteiger partial charge in [-0.2, -0.15) is 22.0 Å². The highest BCUT2D eigenvalue weighted by atomic mass is 19.4. The number of aromatic nitrogens is 5. The van der Waals surface area contributed by atoms with Crippen molar-refractivity contribution in [2.75, 3.05) is 0 Å². The number of halogens is 5. The number of hydrogen-bond donors (Lipinski definition) is 0. The second-order valence-electron chi connectivity index (χ2n) is 7.78. The van der Waals surface area contributed by atoms with Crippen LogP contribution in [0.25, 0.3) is 39.4 Å². The smallest absolute Gasteiger partial charge is 0.422 e. The van der Waals surface area contributed by atoms with Gasteiger partial charge in [0.15, 0.2) is 0 Å². The van der Waals surface area contributed by atoms with Crippen molar-refractivity contribution in [3.05, 3.63) is 65.8 Å². The summed E-state index contributed by atoms with van der Waals surface area (Å²) in [5, 5.41) is 7.62. The predicted molar refractivity (Wildman–Crippen MR) is 114 cm³/mol. The molecule has 0 unspecified atom stereocenters. The molecule has 0 fully saturated rings. The molecule has 0 atom stereocenters. The number of fused-ring (bicyclic) bond motifs is 3. The van der Waals surface area contributed by atoms with E-state index in [4.69, 9.17) is 4.42 Å². The van der Waals surface area contributed by atoms with E-state index in [1.807, 2.05) is 6.92 Å². The van der Waals surface area contributed by atoms with Crippen LogP contribution >= 0.6 is 0 Å². The molecule has 0 saturated carbocycles. The maximum atomic E-state index is 14.5. The van der Waals surface area contributed by atoms with Crippen molar-refractivity contribution in [3.8, 4) is 22.7 Å². The first kappa shape index (κ1) is 22.6. The van der Waals surface area contributed by atoms with Crippen LogP contribution in [0.3, 0.4) is 0 Å². The molecule has 0 spiro atoms. The Morgan fingerprint density at radius 3 is 2.40 bits per heavy atom. The van der Waals surface area contributed by atoms with Crippen LogP contribution < -0.4 is 0 Å². The Hall–Kier alpha value is -4.22. The molecule has 0 aliphatic rings. The number of benzene rings is 1. The molecule has 178 valence electrons. The van der Waals surface area contributed by atoms with Crippen LogP contribution in [-0.2, 0) is 17.1 Å². The molecule has 0 saturated heterocycles. The average Bonchev–Trinajstić information content (AvgIpc) is 3.46. The molecule has 5 aromatic rings. The van der Waals surface area contributed by atoms with Crippen LogP contribution in [0, 0.1) is 6.92 Å². The van der Waals surface area contributed by atoms with Gasteiger partial charge >= 0.3 is 12.1 Å². The van der Waals surface area contributed by atoms with Crippen molar-refractivity contribution >= 4 is 23.0 Å². The highest BCUT2D eigenvalue weighted by Crippen LogP contribution is 2.45. The van der Waals surface area contributed by atoms with Crippen molar-refractivity contribution in [1.82, 2.24) is 24.6 Å². The number of hydrogen-bond acceptors (Lipinski definition) is 6. The zero-order valence-electron chi connectivity index (χ0n) is 17.8. The lowest BCUT2D eigenvalue weighted by Crippen LogP contribution is -2.34. The molecule has 0 radical (unpaired) electrons. The van der Waals surface area contributed by atoms with E-state index in [1.54, 1.807) is 24.3 Å². The second-order valence-corrected chi connectivity index (χ2v) is 7.78. The van der Waals surface area contributed by atoms with Gasteiger partial charge in [-0.05, 0) is 36.2 Å². The highest BCUT2D eigenvalue weighted by molar-refractivity contribution is 5.95. The van der Waals surface area contributed by atoms with Crippen LogP contribution in [-0.4, -0.2) is 37.0 Å². The largest absolute Gasteiger partial charge is 0.459 e. The van der Waals surface area contributed by atoms with E-state index < -0.39 is 17.8 Å². The Bertz CT molecular complexity index is 1560. The number of aldehydes is 1. The standard InChI is InChI=1S/C23H14F5N5O2/c1-12-2-4-13(5-3-12)15-10-17(22(24,25)23(26,27)28)30-20-14(15)6-7-18-31-19(21-32-29-11-35-21)16(8-9-34)33(18)20/h2-7,9-11H,8H2,1H3. The van der Waals surface area contributed by atoms with E-state index in [9.17, 15) is 26.7 Å². The summed E-state index contributed by atoms with van der Waals surface area (Å²) in [6.07, 6.45) is -4.56.